The highest BCUT2D eigenvalue weighted by molar-refractivity contribution is 7.89. The number of hydrogen-bond acceptors (Lipinski definition) is 4. The maximum Gasteiger partial charge on any atom is 0.241 e. The molecule has 0 aliphatic rings. The lowest BCUT2D eigenvalue weighted by Gasteiger charge is -2.17. The Morgan fingerprint density at radius 3 is 2.45 bits per heavy atom. The number of H-pyrrole nitrogens is 1. The van der Waals surface area contributed by atoms with E-state index in [1.54, 1.807) is 13.1 Å². The summed E-state index contributed by atoms with van der Waals surface area (Å²) >= 11 is 0. The van der Waals surface area contributed by atoms with Crippen LogP contribution in [0.15, 0.2) is 65.7 Å². The van der Waals surface area contributed by atoms with E-state index in [2.05, 4.69) is 14.7 Å². The Morgan fingerprint density at radius 2 is 1.77 bits per heavy atom. The van der Waals surface area contributed by atoms with E-state index >= 15 is 0 Å². The smallest absolute Gasteiger partial charge is 0.241 e. The number of aromatic amines is 1. The maximum atomic E-state index is 13.2. The second kappa shape index (κ2) is 10.5. The summed E-state index contributed by atoms with van der Waals surface area (Å²) in [5.41, 5.74) is 1.74. The summed E-state index contributed by atoms with van der Waals surface area (Å²) in [4.78, 5) is 18.8. The third-order valence-corrected chi connectivity index (χ3v) is 6.44. The van der Waals surface area contributed by atoms with E-state index in [1.165, 1.54) is 12.1 Å². The van der Waals surface area contributed by atoms with E-state index in [9.17, 15) is 17.6 Å². The number of hydrogen-bond donors (Lipinski definition) is 2. The Labute approximate surface area is 182 Å². The molecule has 164 valence electrons. The molecule has 0 amide bonds. The van der Waals surface area contributed by atoms with E-state index in [4.69, 9.17) is 0 Å². The van der Waals surface area contributed by atoms with Crippen LogP contribution < -0.4 is 4.72 Å². The van der Waals surface area contributed by atoms with Gasteiger partial charge in [0.1, 0.15) is 17.4 Å². The lowest BCUT2D eigenvalue weighted by molar-refractivity contribution is -0.117. The van der Waals surface area contributed by atoms with Gasteiger partial charge >= 0.3 is 0 Å². The molecule has 2 N–H and O–H groups in total. The van der Waals surface area contributed by atoms with E-state index in [0.29, 0.717) is 18.7 Å². The second-order valence-corrected chi connectivity index (χ2v) is 9.19. The second-order valence-electron chi connectivity index (χ2n) is 7.48. The van der Waals surface area contributed by atoms with Gasteiger partial charge in [0.2, 0.25) is 10.0 Å². The van der Waals surface area contributed by atoms with Crippen molar-refractivity contribution in [2.24, 2.45) is 0 Å². The van der Waals surface area contributed by atoms with E-state index < -0.39 is 21.9 Å². The summed E-state index contributed by atoms with van der Waals surface area (Å²) in [6.45, 7) is 1.56. The average molecular weight is 444 g/mol. The lowest BCUT2D eigenvalue weighted by atomic mass is 10.1. The molecule has 0 spiro atoms. The molecule has 2 aromatic carbocycles. The van der Waals surface area contributed by atoms with Gasteiger partial charge in [0.25, 0.3) is 0 Å². The first kappa shape index (κ1) is 22.8. The van der Waals surface area contributed by atoms with E-state index in [0.717, 1.165) is 42.7 Å². The molecule has 31 heavy (non-hydrogen) atoms. The standard InChI is InChI=1S/C23H26FN3O3S/c1-17(28)8-4-2-7-11-21(27-31(29,30)20-14-12-19(24)13-15-20)23-25-16-22(26-23)18-9-5-3-6-10-18/h3,5-6,9-10,12-16,21,27H,2,4,7-8,11H2,1H3,(H,25,26)/t21-/m0/s1. The van der Waals surface area contributed by atoms with Gasteiger partial charge in [-0.1, -0.05) is 43.2 Å². The summed E-state index contributed by atoms with van der Waals surface area (Å²) in [7, 11) is -3.87. The normalized spacial score (nSPS) is 12.6. The number of imidazole rings is 1. The minimum absolute atomic E-state index is 0.00896. The van der Waals surface area contributed by atoms with Crippen molar-refractivity contribution < 1.29 is 17.6 Å². The van der Waals surface area contributed by atoms with E-state index in [-0.39, 0.29) is 10.7 Å². The van der Waals surface area contributed by atoms with Gasteiger partial charge in [0, 0.05) is 6.42 Å². The first-order valence-electron chi connectivity index (χ1n) is 10.2. The van der Waals surface area contributed by atoms with Gasteiger partial charge in [-0.05, 0) is 49.6 Å². The van der Waals surface area contributed by atoms with E-state index in [1.807, 2.05) is 30.3 Å². The van der Waals surface area contributed by atoms with Gasteiger partial charge in [0.15, 0.2) is 0 Å². The van der Waals surface area contributed by atoms with Crippen LogP contribution in [-0.4, -0.2) is 24.2 Å². The fraction of sp³-hybridized carbons (Fsp3) is 0.304. The molecule has 0 aliphatic carbocycles. The number of aromatic nitrogens is 2. The van der Waals surface area contributed by atoms with Gasteiger partial charge in [-0.3, -0.25) is 0 Å². The predicted molar refractivity (Wildman–Crippen MR) is 117 cm³/mol. The number of halogens is 1. The summed E-state index contributed by atoms with van der Waals surface area (Å²) in [6.07, 6.45) is 5.01. The SMILES string of the molecule is CC(=O)CCCCC[C@H](NS(=O)(=O)c1ccc(F)cc1)c1ncc(-c2ccccc2)[nH]1. The van der Waals surface area contributed by atoms with Gasteiger partial charge in [-0.2, -0.15) is 0 Å². The predicted octanol–water partition coefficient (Wildman–Crippen LogP) is 4.77. The highest BCUT2D eigenvalue weighted by atomic mass is 32.2. The molecule has 1 aromatic heterocycles. The quantitative estimate of drug-likeness (QED) is 0.417. The fourth-order valence-corrected chi connectivity index (χ4v) is 4.53. The van der Waals surface area contributed by atoms with Gasteiger partial charge in [-0.25, -0.2) is 22.5 Å². The highest BCUT2D eigenvalue weighted by Crippen LogP contribution is 2.24. The first-order valence-corrected chi connectivity index (χ1v) is 11.7. The molecule has 1 atom stereocenters. The maximum absolute atomic E-state index is 13.2. The largest absolute Gasteiger partial charge is 0.341 e. The molecular formula is C23H26FN3O3S. The fourth-order valence-electron chi connectivity index (χ4n) is 3.30. The number of rotatable bonds is 11. The van der Waals surface area contributed by atoms with Crippen molar-refractivity contribution in [3.63, 3.8) is 0 Å². The minimum Gasteiger partial charge on any atom is -0.341 e. The van der Waals surface area contributed by atoms with Crippen LogP contribution in [0.2, 0.25) is 0 Å². The van der Waals surface area contributed by atoms with Crippen LogP contribution in [0, 0.1) is 5.82 Å². The zero-order valence-electron chi connectivity index (χ0n) is 17.3. The lowest BCUT2D eigenvalue weighted by Crippen LogP contribution is -2.29. The molecular weight excluding hydrogens is 417 g/mol. The Morgan fingerprint density at radius 1 is 1.06 bits per heavy atom. The number of carbonyl (C=O) groups excluding carboxylic acids is 1. The Kier molecular flexibility index (Phi) is 7.70. The molecule has 0 bridgehead atoms. The van der Waals surface area contributed by atoms with Crippen molar-refractivity contribution in [3.8, 4) is 11.3 Å². The van der Waals surface area contributed by atoms with Crippen LogP contribution in [0.1, 0.15) is 50.9 Å². The Balaban J connectivity index is 1.78. The van der Waals surface area contributed by atoms with Crippen molar-refractivity contribution in [3.05, 3.63) is 72.4 Å². The number of sulfonamides is 1. The molecule has 3 rings (SSSR count). The number of carbonyl (C=O) groups is 1. The first-order chi connectivity index (χ1) is 14.8. The number of Topliss-reactive ketones (excluding diaryl/α,β-unsaturated/α-hetero) is 1. The molecule has 0 radical (unpaired) electrons. The summed E-state index contributed by atoms with van der Waals surface area (Å²) < 4.78 is 41.6. The van der Waals surface area contributed by atoms with Crippen LogP contribution >= 0.6 is 0 Å². The van der Waals surface area contributed by atoms with Crippen molar-refractivity contribution in [2.75, 3.05) is 0 Å². The van der Waals surface area contributed by atoms with Crippen molar-refractivity contribution in [1.82, 2.24) is 14.7 Å². The number of ketones is 1. The van der Waals surface area contributed by atoms with Crippen LogP contribution in [0.3, 0.4) is 0 Å². The summed E-state index contributed by atoms with van der Waals surface area (Å²) in [6, 6.07) is 13.8. The van der Waals surface area contributed by atoms with Crippen molar-refractivity contribution >= 4 is 15.8 Å². The summed E-state index contributed by atoms with van der Waals surface area (Å²) in [5, 5.41) is 0. The van der Waals surface area contributed by atoms with Crippen LogP contribution in [-0.2, 0) is 14.8 Å². The number of nitrogens with one attached hydrogen (secondary N) is 2. The Hall–Kier alpha value is -2.84. The molecule has 0 fully saturated rings. The summed E-state index contributed by atoms with van der Waals surface area (Å²) in [5.74, 6) is 0.155. The topological polar surface area (TPSA) is 91.9 Å². The number of unbranched alkanes of at least 4 members (excludes halogenated alkanes) is 2. The van der Waals surface area contributed by atoms with Crippen LogP contribution in [0.4, 0.5) is 4.39 Å². The third-order valence-electron chi connectivity index (χ3n) is 4.95. The molecule has 0 aliphatic heterocycles. The zero-order valence-corrected chi connectivity index (χ0v) is 18.2. The highest BCUT2D eigenvalue weighted by Gasteiger charge is 2.23. The molecule has 6 nitrogen and oxygen atoms in total. The van der Waals surface area contributed by atoms with Crippen molar-refractivity contribution in [2.45, 2.75) is 50.0 Å². The van der Waals surface area contributed by atoms with Crippen LogP contribution in [0.25, 0.3) is 11.3 Å². The number of benzene rings is 2. The third kappa shape index (κ3) is 6.57. The molecule has 0 saturated heterocycles. The monoisotopic (exact) mass is 443 g/mol. The molecule has 8 heteroatoms. The van der Waals surface area contributed by atoms with Gasteiger partial charge < -0.3 is 9.78 Å². The Bertz CT molecular complexity index is 1100. The van der Waals surface area contributed by atoms with Gasteiger partial charge in [0.05, 0.1) is 22.8 Å². The van der Waals surface area contributed by atoms with Crippen LogP contribution in [0.5, 0.6) is 0 Å². The molecule has 1 heterocycles. The molecule has 3 aromatic rings. The zero-order chi connectivity index (χ0) is 22.3. The average Bonchev–Trinajstić information content (AvgIpc) is 3.23. The molecule has 0 saturated carbocycles. The number of nitrogens with zero attached hydrogens (tertiary/aromatic N) is 1. The molecule has 0 unspecified atom stereocenters. The minimum atomic E-state index is -3.87. The van der Waals surface area contributed by atoms with Crippen molar-refractivity contribution in [1.29, 1.82) is 0 Å². The van der Waals surface area contributed by atoms with Gasteiger partial charge in [-0.15, -0.1) is 0 Å².